The van der Waals surface area contributed by atoms with Crippen LogP contribution >= 0.6 is 11.8 Å². The van der Waals surface area contributed by atoms with E-state index in [1.807, 2.05) is 50.4 Å². The van der Waals surface area contributed by atoms with Crippen LogP contribution < -0.4 is 5.32 Å². The van der Waals surface area contributed by atoms with Gasteiger partial charge in [0.15, 0.2) is 0 Å². The van der Waals surface area contributed by atoms with Gasteiger partial charge in [0.1, 0.15) is 0 Å². The summed E-state index contributed by atoms with van der Waals surface area (Å²) in [6, 6.07) is 16.2. The Labute approximate surface area is 153 Å². The molecule has 1 atom stereocenters. The van der Waals surface area contributed by atoms with E-state index in [1.54, 1.807) is 11.8 Å². The third kappa shape index (κ3) is 4.20. The minimum atomic E-state index is 0.0122. The first-order chi connectivity index (χ1) is 12.0. The van der Waals surface area contributed by atoms with Crippen molar-refractivity contribution < 1.29 is 4.79 Å². The van der Waals surface area contributed by atoms with Gasteiger partial charge >= 0.3 is 0 Å². The molecule has 1 N–H and O–H groups in total. The summed E-state index contributed by atoms with van der Waals surface area (Å²) in [5, 5.41) is 2.99. The summed E-state index contributed by atoms with van der Waals surface area (Å²) in [7, 11) is 0. The van der Waals surface area contributed by atoms with Crippen molar-refractivity contribution in [3.8, 4) is 0 Å². The first-order valence-electron chi connectivity index (χ1n) is 8.37. The van der Waals surface area contributed by atoms with Crippen molar-refractivity contribution >= 4 is 29.1 Å². The zero-order valence-corrected chi connectivity index (χ0v) is 15.6. The van der Waals surface area contributed by atoms with Gasteiger partial charge in [-0.25, -0.2) is 0 Å². The van der Waals surface area contributed by atoms with Gasteiger partial charge in [-0.15, -0.1) is 11.8 Å². The minimum Gasteiger partial charge on any atom is -0.325 e. The fraction of sp³-hybridized carbons (Fsp3) is 0.238. The molecule has 0 spiro atoms. The van der Waals surface area contributed by atoms with Crippen LogP contribution in [0.15, 0.2) is 64.6 Å². The zero-order chi connectivity index (χ0) is 17.8. The number of anilines is 1. The van der Waals surface area contributed by atoms with Crippen molar-refractivity contribution in [3.63, 3.8) is 0 Å². The Balaban J connectivity index is 1.55. The van der Waals surface area contributed by atoms with Gasteiger partial charge in [0.05, 0.1) is 11.5 Å². The summed E-state index contributed by atoms with van der Waals surface area (Å²) < 4.78 is 0. The Morgan fingerprint density at radius 2 is 1.92 bits per heavy atom. The Morgan fingerprint density at radius 3 is 2.64 bits per heavy atom. The molecule has 0 aromatic heterocycles. The number of thioether (sulfide) groups is 1. The number of aryl methyl sites for hydroxylation is 2. The summed E-state index contributed by atoms with van der Waals surface area (Å²) in [6.07, 6.45) is 1.89. The van der Waals surface area contributed by atoms with E-state index in [9.17, 15) is 4.79 Å². The first-order valence-corrected chi connectivity index (χ1v) is 9.36. The molecule has 1 aliphatic rings. The topological polar surface area (TPSA) is 41.5 Å². The molecule has 1 heterocycles. The van der Waals surface area contributed by atoms with Crippen LogP contribution in [0.1, 0.15) is 23.6 Å². The third-order valence-electron chi connectivity index (χ3n) is 4.26. The van der Waals surface area contributed by atoms with E-state index < -0.39 is 0 Å². The van der Waals surface area contributed by atoms with Gasteiger partial charge in [0, 0.05) is 22.7 Å². The second-order valence-electron chi connectivity index (χ2n) is 6.29. The van der Waals surface area contributed by atoms with E-state index in [0.717, 1.165) is 27.4 Å². The number of aliphatic imine (C=N–C) groups is 1. The van der Waals surface area contributed by atoms with Gasteiger partial charge < -0.3 is 5.32 Å². The van der Waals surface area contributed by atoms with Crippen molar-refractivity contribution in [1.29, 1.82) is 0 Å². The molecule has 128 valence electrons. The normalized spacial score (nSPS) is 16.4. The highest BCUT2D eigenvalue weighted by Gasteiger charge is 2.22. The molecule has 0 saturated carbocycles. The molecule has 1 unspecified atom stereocenters. The Bertz CT molecular complexity index is 840. The van der Waals surface area contributed by atoms with E-state index in [1.165, 1.54) is 5.56 Å². The number of hydrogen-bond acceptors (Lipinski definition) is 3. The summed E-state index contributed by atoms with van der Waals surface area (Å²) in [5.74, 6) is 0.626. The molecule has 0 radical (unpaired) electrons. The van der Waals surface area contributed by atoms with E-state index in [0.29, 0.717) is 5.75 Å². The average Bonchev–Trinajstić information content (AvgIpc) is 2.97. The standard InChI is InChI=1S/C21H22N2OS/c1-14-9-10-18(15(2)11-14)23-20(24)13-25-19-12-22-21(16(19)3)17-7-5-4-6-8-17/h4-12,16H,13H2,1-3H3,(H,23,24). The number of allylic oxidation sites excluding steroid dienone is 1. The smallest absolute Gasteiger partial charge is 0.234 e. The van der Waals surface area contributed by atoms with Gasteiger partial charge in [-0.2, -0.15) is 0 Å². The van der Waals surface area contributed by atoms with E-state index in [2.05, 4.69) is 35.4 Å². The highest BCUT2D eigenvalue weighted by atomic mass is 32.2. The van der Waals surface area contributed by atoms with E-state index in [-0.39, 0.29) is 11.8 Å². The van der Waals surface area contributed by atoms with Gasteiger partial charge in [0.2, 0.25) is 5.91 Å². The lowest BCUT2D eigenvalue weighted by molar-refractivity contribution is -0.113. The summed E-state index contributed by atoms with van der Waals surface area (Å²) in [4.78, 5) is 18.0. The van der Waals surface area contributed by atoms with Crippen molar-refractivity contribution in [2.75, 3.05) is 11.1 Å². The minimum absolute atomic E-state index is 0.0122. The molecule has 2 aromatic carbocycles. The fourth-order valence-corrected chi connectivity index (χ4v) is 3.74. The zero-order valence-electron chi connectivity index (χ0n) is 14.7. The van der Waals surface area contributed by atoms with Crippen LogP contribution in [0, 0.1) is 19.8 Å². The van der Waals surface area contributed by atoms with E-state index >= 15 is 0 Å². The van der Waals surface area contributed by atoms with Crippen molar-refractivity contribution in [1.82, 2.24) is 0 Å². The first kappa shape index (κ1) is 17.5. The number of rotatable bonds is 5. The Morgan fingerprint density at radius 1 is 1.16 bits per heavy atom. The second kappa shape index (κ2) is 7.70. The van der Waals surface area contributed by atoms with Gasteiger partial charge in [0.25, 0.3) is 0 Å². The molecule has 1 aliphatic heterocycles. The monoisotopic (exact) mass is 350 g/mol. The average molecular weight is 350 g/mol. The van der Waals surface area contributed by atoms with Crippen molar-refractivity contribution in [2.45, 2.75) is 20.8 Å². The summed E-state index contributed by atoms with van der Waals surface area (Å²) >= 11 is 1.56. The highest BCUT2D eigenvalue weighted by Crippen LogP contribution is 2.32. The molecule has 0 saturated heterocycles. The Hall–Kier alpha value is -2.33. The lowest BCUT2D eigenvalue weighted by Crippen LogP contribution is -2.16. The van der Waals surface area contributed by atoms with Crippen molar-refractivity contribution in [2.24, 2.45) is 10.9 Å². The number of carbonyl (C=O) groups excluding carboxylic acids is 1. The molecule has 4 heteroatoms. The van der Waals surface area contributed by atoms with E-state index in [4.69, 9.17) is 0 Å². The fourth-order valence-electron chi connectivity index (χ4n) is 2.88. The SMILES string of the molecule is Cc1ccc(NC(=O)CSC2=CN=C(c3ccccc3)C2C)c(C)c1. The largest absolute Gasteiger partial charge is 0.325 e. The maximum atomic E-state index is 12.3. The van der Waals surface area contributed by atoms with Crippen LogP contribution in [0.2, 0.25) is 0 Å². The van der Waals surface area contributed by atoms with Crippen LogP contribution in [0.5, 0.6) is 0 Å². The molecule has 25 heavy (non-hydrogen) atoms. The predicted molar refractivity (Wildman–Crippen MR) is 107 cm³/mol. The van der Waals surface area contributed by atoms with Gasteiger partial charge in [-0.05, 0) is 31.0 Å². The van der Waals surface area contributed by atoms with Crippen molar-refractivity contribution in [3.05, 3.63) is 76.3 Å². The molecular weight excluding hydrogens is 328 g/mol. The third-order valence-corrected chi connectivity index (χ3v) is 5.46. The molecule has 3 rings (SSSR count). The Kier molecular flexibility index (Phi) is 5.39. The number of hydrogen-bond donors (Lipinski definition) is 1. The number of carbonyl (C=O) groups is 1. The maximum absolute atomic E-state index is 12.3. The molecule has 2 aromatic rings. The molecule has 1 amide bonds. The van der Waals surface area contributed by atoms with Gasteiger partial charge in [-0.1, -0.05) is 55.0 Å². The van der Waals surface area contributed by atoms with Crippen LogP contribution in [0.25, 0.3) is 0 Å². The maximum Gasteiger partial charge on any atom is 0.234 e. The number of nitrogens with one attached hydrogen (secondary N) is 1. The highest BCUT2D eigenvalue weighted by molar-refractivity contribution is 8.03. The number of amides is 1. The van der Waals surface area contributed by atoms with Gasteiger partial charge in [-0.3, -0.25) is 9.79 Å². The molecular formula is C21H22N2OS. The lowest BCUT2D eigenvalue weighted by atomic mass is 10.00. The van der Waals surface area contributed by atoms with Crippen LogP contribution in [0.4, 0.5) is 5.69 Å². The lowest BCUT2D eigenvalue weighted by Gasteiger charge is -2.13. The quantitative estimate of drug-likeness (QED) is 0.828. The molecule has 0 aliphatic carbocycles. The predicted octanol–water partition coefficient (Wildman–Crippen LogP) is 4.96. The molecule has 0 fully saturated rings. The second-order valence-corrected chi connectivity index (χ2v) is 7.34. The van der Waals surface area contributed by atoms with Crippen LogP contribution in [-0.4, -0.2) is 17.4 Å². The van der Waals surface area contributed by atoms with Crippen LogP contribution in [0.3, 0.4) is 0 Å². The van der Waals surface area contributed by atoms with Crippen LogP contribution in [-0.2, 0) is 4.79 Å². The molecule has 3 nitrogen and oxygen atoms in total. The summed E-state index contributed by atoms with van der Waals surface area (Å²) in [5.41, 5.74) is 5.37. The number of nitrogens with zero attached hydrogens (tertiary/aromatic N) is 1. The summed E-state index contributed by atoms with van der Waals surface area (Å²) in [6.45, 7) is 6.20. The number of benzene rings is 2. The molecule has 0 bridgehead atoms.